The molecule has 0 unspecified atom stereocenters. The van der Waals surface area contributed by atoms with Crippen LogP contribution in [0.5, 0.6) is 0 Å². The van der Waals surface area contributed by atoms with Gasteiger partial charge < -0.3 is 9.80 Å². The smallest absolute Gasteiger partial charge is 0.222 e. The van der Waals surface area contributed by atoms with E-state index in [9.17, 15) is 4.79 Å². The molecule has 1 amide bonds. The van der Waals surface area contributed by atoms with Gasteiger partial charge in [0.1, 0.15) is 0 Å². The Bertz CT molecular complexity index is 300. The zero-order chi connectivity index (χ0) is 14.5. The highest BCUT2D eigenvalue weighted by Crippen LogP contribution is 2.32. The second kappa shape index (κ2) is 7.44. The summed E-state index contributed by atoms with van der Waals surface area (Å²) in [4.78, 5) is 16.4. The van der Waals surface area contributed by atoms with Crippen molar-refractivity contribution in [2.45, 2.75) is 52.9 Å². The summed E-state index contributed by atoms with van der Waals surface area (Å²) in [6, 6.07) is 0. The first-order valence-corrected chi connectivity index (χ1v) is 8.60. The molecule has 3 heteroatoms. The van der Waals surface area contributed by atoms with E-state index < -0.39 is 0 Å². The van der Waals surface area contributed by atoms with E-state index in [0.29, 0.717) is 12.3 Å². The van der Waals surface area contributed by atoms with Crippen LogP contribution in [-0.4, -0.2) is 48.4 Å². The topological polar surface area (TPSA) is 23.6 Å². The first kappa shape index (κ1) is 15.8. The van der Waals surface area contributed by atoms with Crippen molar-refractivity contribution < 1.29 is 4.79 Å². The molecular formula is C17H32N2O. The van der Waals surface area contributed by atoms with Gasteiger partial charge in [0.05, 0.1) is 0 Å². The van der Waals surface area contributed by atoms with Gasteiger partial charge in [-0.15, -0.1) is 0 Å². The molecule has 116 valence electrons. The van der Waals surface area contributed by atoms with Gasteiger partial charge in [-0.2, -0.15) is 0 Å². The predicted molar refractivity (Wildman–Crippen MR) is 83.6 cm³/mol. The molecule has 0 aromatic heterocycles. The molecule has 20 heavy (non-hydrogen) atoms. The first-order chi connectivity index (χ1) is 9.60. The van der Waals surface area contributed by atoms with Gasteiger partial charge in [0.15, 0.2) is 0 Å². The lowest BCUT2D eigenvalue weighted by molar-refractivity contribution is -0.132. The van der Waals surface area contributed by atoms with Crippen LogP contribution in [-0.2, 0) is 4.79 Å². The van der Waals surface area contributed by atoms with Crippen LogP contribution in [0.15, 0.2) is 0 Å². The Balaban J connectivity index is 1.72. The minimum atomic E-state index is 0.343. The Morgan fingerprint density at radius 1 is 1.00 bits per heavy atom. The molecule has 2 aliphatic rings. The third kappa shape index (κ3) is 4.21. The van der Waals surface area contributed by atoms with Crippen LogP contribution in [0.25, 0.3) is 0 Å². The van der Waals surface area contributed by atoms with Crippen molar-refractivity contribution in [3.63, 3.8) is 0 Å². The predicted octanol–water partition coefficient (Wildman–Crippen LogP) is 3.00. The lowest BCUT2D eigenvalue weighted by atomic mass is 9.78. The van der Waals surface area contributed by atoms with Crippen molar-refractivity contribution in [3.8, 4) is 0 Å². The van der Waals surface area contributed by atoms with Crippen molar-refractivity contribution >= 4 is 5.91 Å². The van der Waals surface area contributed by atoms with E-state index >= 15 is 0 Å². The SMILES string of the molecule is CCC(=O)N1CCC(C2CCN(CC(C)C)CC2)CC1. The van der Waals surface area contributed by atoms with E-state index in [2.05, 4.69) is 23.6 Å². The molecule has 3 nitrogen and oxygen atoms in total. The summed E-state index contributed by atoms with van der Waals surface area (Å²) in [6.07, 6.45) is 5.89. The van der Waals surface area contributed by atoms with Gasteiger partial charge in [0.2, 0.25) is 5.91 Å². The quantitative estimate of drug-likeness (QED) is 0.790. The van der Waals surface area contributed by atoms with Gasteiger partial charge in [0, 0.05) is 26.1 Å². The zero-order valence-corrected chi connectivity index (χ0v) is 13.6. The summed E-state index contributed by atoms with van der Waals surface area (Å²) in [5.41, 5.74) is 0. The van der Waals surface area contributed by atoms with Gasteiger partial charge in [-0.05, 0) is 56.5 Å². The van der Waals surface area contributed by atoms with Crippen LogP contribution in [0.3, 0.4) is 0 Å². The number of rotatable bonds is 4. The Kier molecular flexibility index (Phi) is 5.88. The number of nitrogens with zero attached hydrogens (tertiary/aromatic N) is 2. The minimum Gasteiger partial charge on any atom is -0.343 e. The molecule has 0 bridgehead atoms. The summed E-state index contributed by atoms with van der Waals surface area (Å²) >= 11 is 0. The number of amides is 1. The first-order valence-electron chi connectivity index (χ1n) is 8.60. The number of carbonyl (C=O) groups is 1. The maximum atomic E-state index is 11.7. The molecule has 0 saturated carbocycles. The van der Waals surface area contributed by atoms with Gasteiger partial charge in [-0.3, -0.25) is 4.79 Å². The van der Waals surface area contributed by atoms with E-state index in [1.54, 1.807) is 0 Å². The van der Waals surface area contributed by atoms with E-state index in [-0.39, 0.29) is 0 Å². The molecule has 2 saturated heterocycles. The van der Waals surface area contributed by atoms with Crippen molar-refractivity contribution in [3.05, 3.63) is 0 Å². The summed E-state index contributed by atoms with van der Waals surface area (Å²) in [5, 5.41) is 0. The molecule has 2 fully saturated rings. The van der Waals surface area contributed by atoms with Crippen molar-refractivity contribution in [1.29, 1.82) is 0 Å². The highest BCUT2D eigenvalue weighted by Gasteiger charge is 2.30. The van der Waals surface area contributed by atoms with Crippen LogP contribution in [0, 0.1) is 17.8 Å². The van der Waals surface area contributed by atoms with Gasteiger partial charge >= 0.3 is 0 Å². The minimum absolute atomic E-state index is 0.343. The Morgan fingerprint density at radius 2 is 1.50 bits per heavy atom. The molecule has 0 atom stereocenters. The average molecular weight is 280 g/mol. The molecule has 0 aromatic rings. The highest BCUT2D eigenvalue weighted by atomic mass is 16.2. The number of hydrogen-bond acceptors (Lipinski definition) is 2. The van der Waals surface area contributed by atoms with Gasteiger partial charge in [-0.1, -0.05) is 20.8 Å². The highest BCUT2D eigenvalue weighted by molar-refractivity contribution is 5.75. The number of likely N-dealkylation sites (tertiary alicyclic amines) is 2. The second-order valence-electron chi connectivity index (χ2n) is 7.10. The molecule has 0 N–H and O–H groups in total. The van der Waals surface area contributed by atoms with Crippen LogP contribution in [0.2, 0.25) is 0 Å². The van der Waals surface area contributed by atoms with Gasteiger partial charge in [-0.25, -0.2) is 0 Å². The molecular weight excluding hydrogens is 248 g/mol. The Morgan fingerprint density at radius 3 is 1.95 bits per heavy atom. The second-order valence-corrected chi connectivity index (χ2v) is 7.10. The molecule has 0 aromatic carbocycles. The largest absolute Gasteiger partial charge is 0.343 e. The molecule has 2 aliphatic heterocycles. The number of piperidine rings is 2. The average Bonchev–Trinajstić information content (AvgIpc) is 2.47. The van der Waals surface area contributed by atoms with Crippen LogP contribution in [0.1, 0.15) is 52.9 Å². The van der Waals surface area contributed by atoms with E-state index in [1.807, 2.05) is 6.92 Å². The van der Waals surface area contributed by atoms with Crippen LogP contribution in [0.4, 0.5) is 0 Å². The number of hydrogen-bond donors (Lipinski definition) is 0. The number of carbonyl (C=O) groups excluding carboxylic acids is 1. The maximum Gasteiger partial charge on any atom is 0.222 e. The third-order valence-electron chi connectivity index (χ3n) is 5.12. The van der Waals surface area contributed by atoms with E-state index in [1.165, 1.54) is 45.3 Å². The lowest BCUT2D eigenvalue weighted by Crippen LogP contribution is -2.43. The Hall–Kier alpha value is -0.570. The maximum absolute atomic E-state index is 11.7. The summed E-state index contributed by atoms with van der Waals surface area (Å²) in [5.74, 6) is 2.92. The zero-order valence-electron chi connectivity index (χ0n) is 13.6. The molecule has 0 aliphatic carbocycles. The van der Waals surface area contributed by atoms with Crippen molar-refractivity contribution in [2.24, 2.45) is 17.8 Å². The normalized spacial score (nSPS) is 23.5. The molecule has 2 heterocycles. The molecule has 2 rings (SSSR count). The van der Waals surface area contributed by atoms with Crippen LogP contribution >= 0.6 is 0 Å². The van der Waals surface area contributed by atoms with Gasteiger partial charge in [0.25, 0.3) is 0 Å². The third-order valence-corrected chi connectivity index (χ3v) is 5.12. The van der Waals surface area contributed by atoms with E-state index in [0.717, 1.165) is 30.8 Å². The van der Waals surface area contributed by atoms with E-state index in [4.69, 9.17) is 0 Å². The monoisotopic (exact) mass is 280 g/mol. The fourth-order valence-electron chi connectivity index (χ4n) is 3.97. The molecule has 0 radical (unpaired) electrons. The van der Waals surface area contributed by atoms with Crippen LogP contribution < -0.4 is 0 Å². The standard InChI is InChI=1S/C17H32N2O/c1-4-17(20)19-11-7-16(8-12-19)15-5-9-18(10-6-15)13-14(2)3/h14-16H,4-13H2,1-3H3. The fraction of sp³-hybridized carbons (Fsp3) is 0.941. The fourth-order valence-corrected chi connectivity index (χ4v) is 3.97. The molecule has 0 spiro atoms. The lowest BCUT2D eigenvalue weighted by Gasteiger charge is -2.40. The summed E-state index contributed by atoms with van der Waals surface area (Å²) < 4.78 is 0. The van der Waals surface area contributed by atoms with Crippen molar-refractivity contribution in [1.82, 2.24) is 9.80 Å². The summed E-state index contributed by atoms with van der Waals surface area (Å²) in [6.45, 7) is 12.4. The van der Waals surface area contributed by atoms with Crippen molar-refractivity contribution in [2.75, 3.05) is 32.7 Å². The summed E-state index contributed by atoms with van der Waals surface area (Å²) in [7, 11) is 0. The Labute approximate surface area is 124 Å².